The predicted molar refractivity (Wildman–Crippen MR) is 34.2 cm³/mol. The lowest BCUT2D eigenvalue weighted by atomic mass is 10.5. The molecule has 0 aromatic carbocycles. The third-order valence-electron chi connectivity index (χ3n) is 1.53. The number of nitrogens with one attached hydrogen (secondary N) is 1. The molecule has 0 atom stereocenters. The molecule has 1 aromatic heterocycles. The summed E-state index contributed by atoms with van der Waals surface area (Å²) in [5, 5.41) is 6.94. The van der Waals surface area contributed by atoms with Gasteiger partial charge in [0.05, 0.1) is 6.54 Å². The first-order chi connectivity index (χ1) is 4.95. The van der Waals surface area contributed by atoms with Gasteiger partial charge in [0.1, 0.15) is 0 Å². The summed E-state index contributed by atoms with van der Waals surface area (Å²) in [7, 11) is 0. The fourth-order valence-corrected chi connectivity index (χ4v) is 0.793. The van der Waals surface area contributed by atoms with Gasteiger partial charge >= 0.3 is 0 Å². The van der Waals surface area contributed by atoms with Crippen LogP contribution >= 0.6 is 0 Å². The second-order valence-electron chi connectivity index (χ2n) is 2.50. The second-order valence-corrected chi connectivity index (χ2v) is 2.50. The van der Waals surface area contributed by atoms with E-state index in [1.807, 2.05) is 0 Å². The summed E-state index contributed by atoms with van der Waals surface area (Å²) in [5.41, 5.74) is 0. The Morgan fingerprint density at radius 3 is 3.20 bits per heavy atom. The summed E-state index contributed by atoms with van der Waals surface area (Å²) in [6.45, 7) is 0.737. The van der Waals surface area contributed by atoms with Crippen LogP contribution in [0.4, 0.5) is 0 Å². The Morgan fingerprint density at radius 1 is 1.70 bits per heavy atom. The molecular formula is C6H9N3O. The summed E-state index contributed by atoms with van der Waals surface area (Å²) in [4.78, 5) is 3.88. The van der Waals surface area contributed by atoms with Gasteiger partial charge in [-0.05, 0) is 12.8 Å². The van der Waals surface area contributed by atoms with E-state index < -0.39 is 0 Å². The summed E-state index contributed by atoms with van der Waals surface area (Å²) < 4.78 is 4.57. The van der Waals surface area contributed by atoms with Crippen molar-refractivity contribution in [1.82, 2.24) is 15.5 Å². The molecule has 1 aliphatic carbocycles. The zero-order valence-corrected chi connectivity index (χ0v) is 5.58. The van der Waals surface area contributed by atoms with E-state index in [1.54, 1.807) is 0 Å². The van der Waals surface area contributed by atoms with Gasteiger partial charge in [-0.15, -0.1) is 0 Å². The van der Waals surface area contributed by atoms with Crippen LogP contribution in [0.2, 0.25) is 0 Å². The Labute approximate surface area is 58.6 Å². The topological polar surface area (TPSA) is 51.0 Å². The van der Waals surface area contributed by atoms with Crippen molar-refractivity contribution in [2.24, 2.45) is 0 Å². The molecule has 4 nitrogen and oxygen atoms in total. The van der Waals surface area contributed by atoms with Crippen LogP contribution in [0, 0.1) is 0 Å². The molecule has 0 amide bonds. The standard InChI is InChI=1S/C6H9N3O/c1-2-5(1)7-3-6-8-4-10-9-6/h4-5,7H,1-3H2. The number of hydrogen-bond donors (Lipinski definition) is 1. The third-order valence-corrected chi connectivity index (χ3v) is 1.53. The molecule has 0 radical (unpaired) electrons. The molecule has 2 rings (SSSR count). The first-order valence-electron chi connectivity index (χ1n) is 3.44. The largest absolute Gasteiger partial charge is 0.343 e. The van der Waals surface area contributed by atoms with Gasteiger partial charge in [-0.3, -0.25) is 0 Å². The molecule has 10 heavy (non-hydrogen) atoms. The maximum atomic E-state index is 4.57. The Morgan fingerprint density at radius 2 is 2.60 bits per heavy atom. The molecule has 1 aromatic rings. The third kappa shape index (κ3) is 1.33. The van der Waals surface area contributed by atoms with Crippen LogP contribution in [0.1, 0.15) is 18.7 Å². The number of rotatable bonds is 3. The van der Waals surface area contributed by atoms with Gasteiger partial charge in [-0.2, -0.15) is 4.98 Å². The van der Waals surface area contributed by atoms with E-state index in [2.05, 4.69) is 20.0 Å². The van der Waals surface area contributed by atoms with Crippen LogP contribution in [0.25, 0.3) is 0 Å². The monoisotopic (exact) mass is 139 g/mol. The SMILES string of the molecule is c1nc(CNC2CC2)no1. The molecule has 1 saturated carbocycles. The van der Waals surface area contributed by atoms with Crippen molar-refractivity contribution in [1.29, 1.82) is 0 Å². The normalized spacial score (nSPS) is 17.6. The van der Waals surface area contributed by atoms with E-state index in [-0.39, 0.29) is 0 Å². The zero-order valence-electron chi connectivity index (χ0n) is 5.58. The highest BCUT2D eigenvalue weighted by atomic mass is 16.5. The maximum Gasteiger partial charge on any atom is 0.213 e. The highest BCUT2D eigenvalue weighted by Gasteiger charge is 2.20. The Bertz CT molecular complexity index is 193. The van der Waals surface area contributed by atoms with Gasteiger partial charge < -0.3 is 9.84 Å². The number of aromatic nitrogens is 2. The summed E-state index contributed by atoms with van der Waals surface area (Å²) >= 11 is 0. The van der Waals surface area contributed by atoms with E-state index >= 15 is 0 Å². The van der Waals surface area contributed by atoms with Crippen molar-refractivity contribution < 1.29 is 4.52 Å². The van der Waals surface area contributed by atoms with Gasteiger partial charge in [-0.1, -0.05) is 5.16 Å². The molecule has 0 saturated heterocycles. The quantitative estimate of drug-likeness (QED) is 0.655. The van der Waals surface area contributed by atoms with Crippen LogP contribution in [0.5, 0.6) is 0 Å². The molecule has 54 valence electrons. The highest BCUT2D eigenvalue weighted by Crippen LogP contribution is 2.18. The molecule has 0 bridgehead atoms. The molecule has 1 fully saturated rings. The molecule has 1 aliphatic rings. The van der Waals surface area contributed by atoms with Crippen LogP contribution in [-0.4, -0.2) is 16.2 Å². The first-order valence-corrected chi connectivity index (χ1v) is 3.44. The second kappa shape index (κ2) is 2.38. The van der Waals surface area contributed by atoms with Crippen LogP contribution < -0.4 is 5.32 Å². The average molecular weight is 139 g/mol. The van der Waals surface area contributed by atoms with E-state index in [0.29, 0.717) is 6.04 Å². The van der Waals surface area contributed by atoms with Gasteiger partial charge in [0.2, 0.25) is 6.39 Å². The molecule has 4 heteroatoms. The summed E-state index contributed by atoms with van der Waals surface area (Å²) in [6.07, 6.45) is 3.93. The minimum atomic E-state index is 0.707. The zero-order chi connectivity index (χ0) is 6.81. The summed E-state index contributed by atoms with van der Waals surface area (Å²) in [5.74, 6) is 0.743. The van der Waals surface area contributed by atoms with Crippen LogP contribution in [-0.2, 0) is 6.54 Å². The van der Waals surface area contributed by atoms with Gasteiger partial charge in [0.25, 0.3) is 0 Å². The minimum absolute atomic E-state index is 0.707. The number of nitrogens with zero attached hydrogens (tertiary/aromatic N) is 2. The van der Waals surface area contributed by atoms with Crippen LogP contribution in [0.3, 0.4) is 0 Å². The molecule has 1 heterocycles. The Kier molecular flexibility index (Phi) is 1.39. The molecule has 0 spiro atoms. The molecule has 0 aliphatic heterocycles. The predicted octanol–water partition coefficient (Wildman–Crippen LogP) is 0.322. The van der Waals surface area contributed by atoms with E-state index in [1.165, 1.54) is 19.2 Å². The van der Waals surface area contributed by atoms with Crippen molar-refractivity contribution in [2.75, 3.05) is 0 Å². The molecular weight excluding hydrogens is 130 g/mol. The van der Waals surface area contributed by atoms with Crippen molar-refractivity contribution in [3.63, 3.8) is 0 Å². The van der Waals surface area contributed by atoms with Crippen molar-refractivity contribution in [3.8, 4) is 0 Å². The van der Waals surface area contributed by atoms with E-state index in [4.69, 9.17) is 0 Å². The number of hydrogen-bond acceptors (Lipinski definition) is 4. The van der Waals surface area contributed by atoms with E-state index in [0.717, 1.165) is 12.4 Å². The van der Waals surface area contributed by atoms with Gasteiger partial charge in [0.15, 0.2) is 5.82 Å². The maximum absolute atomic E-state index is 4.57. The van der Waals surface area contributed by atoms with Crippen molar-refractivity contribution in [3.05, 3.63) is 12.2 Å². The van der Waals surface area contributed by atoms with Gasteiger partial charge in [0, 0.05) is 6.04 Å². The Hall–Kier alpha value is -0.900. The molecule has 1 N–H and O–H groups in total. The minimum Gasteiger partial charge on any atom is -0.343 e. The fourth-order valence-electron chi connectivity index (χ4n) is 0.793. The smallest absolute Gasteiger partial charge is 0.213 e. The van der Waals surface area contributed by atoms with Crippen molar-refractivity contribution >= 4 is 0 Å². The van der Waals surface area contributed by atoms with Crippen LogP contribution in [0.15, 0.2) is 10.9 Å². The first kappa shape index (κ1) is 5.85. The average Bonchev–Trinajstić information content (AvgIpc) is 2.63. The fraction of sp³-hybridized carbons (Fsp3) is 0.667. The van der Waals surface area contributed by atoms with Gasteiger partial charge in [-0.25, -0.2) is 0 Å². The lowest BCUT2D eigenvalue weighted by molar-refractivity contribution is 0.407. The summed E-state index contributed by atoms with van der Waals surface area (Å²) in [6, 6.07) is 0.707. The molecule has 0 unspecified atom stereocenters. The highest BCUT2D eigenvalue weighted by molar-refractivity contribution is 4.85. The van der Waals surface area contributed by atoms with E-state index in [9.17, 15) is 0 Å². The Balaban J connectivity index is 1.79. The lowest BCUT2D eigenvalue weighted by Crippen LogP contribution is -2.16. The lowest BCUT2D eigenvalue weighted by Gasteiger charge is -1.94. The van der Waals surface area contributed by atoms with Crippen molar-refractivity contribution in [2.45, 2.75) is 25.4 Å².